The molecule has 0 N–H and O–H groups in total. The third-order valence-electron chi connectivity index (χ3n) is 7.39. The van der Waals surface area contributed by atoms with Gasteiger partial charge in [0, 0.05) is 18.4 Å². The molecule has 39 heavy (non-hydrogen) atoms. The number of halogens is 5. The third kappa shape index (κ3) is 6.37. The Morgan fingerprint density at radius 2 is 1.82 bits per heavy atom. The van der Waals surface area contributed by atoms with E-state index in [4.69, 9.17) is 4.74 Å². The second-order valence-corrected chi connectivity index (χ2v) is 10.3. The SMILES string of the molecule is Cc1cc([C@@H](CC(=O)c2cc(CCC3=NCCO3)cc(-c3ccc(F)cc3C(F)(F)F)c2)C2CC2)ccc1F. The van der Waals surface area contributed by atoms with E-state index in [-0.39, 0.29) is 35.1 Å². The van der Waals surface area contributed by atoms with Crippen LogP contribution in [0.1, 0.15) is 64.2 Å². The number of rotatable bonds is 9. The van der Waals surface area contributed by atoms with Gasteiger partial charge < -0.3 is 4.74 Å². The van der Waals surface area contributed by atoms with Crippen LogP contribution in [0.2, 0.25) is 0 Å². The Balaban J connectivity index is 1.51. The zero-order valence-corrected chi connectivity index (χ0v) is 21.5. The van der Waals surface area contributed by atoms with Crippen molar-refractivity contribution in [3.63, 3.8) is 0 Å². The summed E-state index contributed by atoms with van der Waals surface area (Å²) in [5.74, 6) is -0.743. The standard InChI is InChI=1S/C31H28F5NO2/c1-18-12-21(5-8-28(18)33)26(20-3-4-20)17-29(38)23-14-19(2-9-30-37-10-11-39-30)13-22(15-23)25-7-6-24(32)16-27(25)31(34,35)36/h5-8,12-16,20,26H,2-4,9-11,17H2,1H3/t26-/m0/s1. The number of alkyl halides is 3. The van der Waals surface area contributed by atoms with Gasteiger partial charge in [0.15, 0.2) is 11.7 Å². The van der Waals surface area contributed by atoms with Crippen molar-refractivity contribution in [1.29, 1.82) is 0 Å². The molecule has 3 nitrogen and oxygen atoms in total. The molecule has 1 atom stereocenters. The molecule has 5 rings (SSSR count). The van der Waals surface area contributed by atoms with Crippen molar-refractivity contribution in [2.45, 2.75) is 51.1 Å². The molecule has 1 aliphatic carbocycles. The van der Waals surface area contributed by atoms with Crippen LogP contribution in [0.25, 0.3) is 11.1 Å². The van der Waals surface area contributed by atoms with Crippen LogP contribution in [0.3, 0.4) is 0 Å². The van der Waals surface area contributed by atoms with Gasteiger partial charge in [0.05, 0.1) is 12.1 Å². The van der Waals surface area contributed by atoms with Crippen molar-refractivity contribution >= 4 is 11.7 Å². The zero-order chi connectivity index (χ0) is 27.7. The largest absolute Gasteiger partial charge is 0.479 e. The van der Waals surface area contributed by atoms with Crippen molar-refractivity contribution in [2.75, 3.05) is 13.2 Å². The lowest BCUT2D eigenvalue weighted by Gasteiger charge is -2.19. The van der Waals surface area contributed by atoms with Crippen LogP contribution >= 0.6 is 0 Å². The maximum absolute atomic E-state index is 13.9. The first-order valence-electron chi connectivity index (χ1n) is 13.0. The first kappa shape index (κ1) is 27.0. The lowest BCUT2D eigenvalue weighted by Crippen LogP contribution is -2.12. The number of carbonyl (C=O) groups excluding carboxylic acids is 1. The minimum Gasteiger partial charge on any atom is -0.479 e. The Kier molecular flexibility index (Phi) is 7.56. The molecule has 0 saturated heterocycles. The second-order valence-electron chi connectivity index (χ2n) is 10.3. The summed E-state index contributed by atoms with van der Waals surface area (Å²) in [6, 6.07) is 12.2. The molecule has 1 fully saturated rings. The van der Waals surface area contributed by atoms with Crippen molar-refractivity contribution in [3.05, 3.63) is 94.0 Å². The molecule has 1 saturated carbocycles. The number of ketones is 1. The minimum absolute atomic E-state index is 0.110. The fourth-order valence-corrected chi connectivity index (χ4v) is 5.21. The summed E-state index contributed by atoms with van der Waals surface area (Å²) < 4.78 is 74.7. The smallest absolute Gasteiger partial charge is 0.417 e. The van der Waals surface area contributed by atoms with E-state index in [9.17, 15) is 26.7 Å². The van der Waals surface area contributed by atoms with Crippen molar-refractivity contribution in [1.82, 2.24) is 0 Å². The minimum atomic E-state index is -4.78. The van der Waals surface area contributed by atoms with Gasteiger partial charge >= 0.3 is 6.18 Å². The highest BCUT2D eigenvalue weighted by Gasteiger charge is 2.36. The van der Waals surface area contributed by atoms with Gasteiger partial charge in [-0.1, -0.05) is 24.3 Å². The number of hydrogen-bond acceptors (Lipinski definition) is 3. The number of carbonyl (C=O) groups is 1. The maximum Gasteiger partial charge on any atom is 0.417 e. The first-order chi connectivity index (χ1) is 18.6. The second kappa shape index (κ2) is 10.9. The first-order valence-corrected chi connectivity index (χ1v) is 13.0. The van der Waals surface area contributed by atoms with Crippen LogP contribution in [0.4, 0.5) is 22.0 Å². The van der Waals surface area contributed by atoms with Gasteiger partial charge in [0.1, 0.15) is 18.2 Å². The van der Waals surface area contributed by atoms with E-state index in [1.807, 2.05) is 0 Å². The summed E-state index contributed by atoms with van der Waals surface area (Å²) in [7, 11) is 0. The molecule has 1 heterocycles. The molecule has 3 aromatic rings. The number of ether oxygens (including phenoxy) is 1. The highest BCUT2D eigenvalue weighted by Crippen LogP contribution is 2.45. The Bertz CT molecular complexity index is 1420. The van der Waals surface area contributed by atoms with Gasteiger partial charge in [-0.25, -0.2) is 8.78 Å². The predicted molar refractivity (Wildman–Crippen MR) is 139 cm³/mol. The number of nitrogens with zero attached hydrogens (tertiary/aromatic N) is 1. The molecule has 0 amide bonds. The lowest BCUT2D eigenvalue weighted by atomic mass is 9.85. The molecule has 2 aliphatic rings. The summed E-state index contributed by atoms with van der Waals surface area (Å²) in [4.78, 5) is 17.9. The number of Topliss-reactive ketones (excluding diaryl/α,β-unsaturated/α-hetero) is 1. The third-order valence-corrected chi connectivity index (χ3v) is 7.39. The fourth-order valence-electron chi connectivity index (χ4n) is 5.21. The Hall–Kier alpha value is -3.55. The van der Waals surface area contributed by atoms with E-state index in [0.29, 0.717) is 60.6 Å². The van der Waals surface area contributed by atoms with E-state index >= 15 is 0 Å². The molecule has 8 heteroatoms. The van der Waals surface area contributed by atoms with E-state index < -0.39 is 17.6 Å². The van der Waals surface area contributed by atoms with Gasteiger partial charge in [-0.05, 0) is 96.2 Å². The molecule has 0 aromatic heterocycles. The van der Waals surface area contributed by atoms with Crippen molar-refractivity contribution in [3.8, 4) is 11.1 Å². The van der Waals surface area contributed by atoms with E-state index in [1.54, 1.807) is 31.2 Å². The lowest BCUT2D eigenvalue weighted by molar-refractivity contribution is -0.137. The summed E-state index contributed by atoms with van der Waals surface area (Å²) in [6.45, 7) is 2.74. The Morgan fingerprint density at radius 1 is 1.03 bits per heavy atom. The van der Waals surface area contributed by atoms with Crippen LogP contribution < -0.4 is 0 Å². The molecule has 204 valence electrons. The van der Waals surface area contributed by atoms with Crippen LogP contribution in [0, 0.1) is 24.5 Å². The molecule has 1 aliphatic heterocycles. The molecular weight excluding hydrogens is 513 g/mol. The Morgan fingerprint density at radius 3 is 2.49 bits per heavy atom. The molecule has 3 aromatic carbocycles. The van der Waals surface area contributed by atoms with E-state index in [0.717, 1.165) is 30.5 Å². The van der Waals surface area contributed by atoms with E-state index in [1.165, 1.54) is 12.1 Å². The normalized spacial score (nSPS) is 16.1. The summed E-state index contributed by atoms with van der Waals surface area (Å²) >= 11 is 0. The number of benzene rings is 3. The van der Waals surface area contributed by atoms with Crippen molar-refractivity contribution in [2.24, 2.45) is 10.9 Å². The molecule has 0 spiro atoms. The van der Waals surface area contributed by atoms with Crippen LogP contribution in [0.5, 0.6) is 0 Å². The fraction of sp³-hybridized carbons (Fsp3) is 0.355. The highest BCUT2D eigenvalue weighted by molar-refractivity contribution is 5.98. The quantitative estimate of drug-likeness (QED) is 0.203. The molecule has 0 unspecified atom stereocenters. The van der Waals surface area contributed by atoms with Gasteiger partial charge in [-0.3, -0.25) is 9.79 Å². The Labute approximate surface area is 223 Å². The van der Waals surface area contributed by atoms with Gasteiger partial charge in [-0.15, -0.1) is 0 Å². The molecule has 0 bridgehead atoms. The predicted octanol–water partition coefficient (Wildman–Crippen LogP) is 8.09. The number of aliphatic imine (C=N–C) groups is 1. The van der Waals surface area contributed by atoms with Crippen molar-refractivity contribution < 1.29 is 31.5 Å². The molecule has 0 radical (unpaired) electrons. The highest BCUT2D eigenvalue weighted by atomic mass is 19.4. The summed E-state index contributed by atoms with van der Waals surface area (Å²) in [5.41, 5.74) is 1.24. The summed E-state index contributed by atoms with van der Waals surface area (Å²) in [6.07, 6.45) is -1.82. The molecular formula is C31H28F5NO2. The maximum atomic E-state index is 13.9. The van der Waals surface area contributed by atoms with Crippen LogP contribution in [-0.2, 0) is 17.3 Å². The zero-order valence-electron chi connectivity index (χ0n) is 21.5. The monoisotopic (exact) mass is 541 g/mol. The number of hydrogen-bond donors (Lipinski definition) is 0. The summed E-state index contributed by atoms with van der Waals surface area (Å²) in [5, 5.41) is 0. The number of aryl methyl sites for hydroxylation is 2. The average molecular weight is 542 g/mol. The topological polar surface area (TPSA) is 38.7 Å². The van der Waals surface area contributed by atoms with Gasteiger partial charge in [0.2, 0.25) is 0 Å². The van der Waals surface area contributed by atoms with E-state index in [2.05, 4.69) is 4.99 Å². The van der Waals surface area contributed by atoms with Gasteiger partial charge in [-0.2, -0.15) is 13.2 Å². The average Bonchev–Trinajstić information content (AvgIpc) is 3.60. The van der Waals surface area contributed by atoms with Crippen LogP contribution in [-0.4, -0.2) is 24.8 Å². The van der Waals surface area contributed by atoms with Gasteiger partial charge in [0.25, 0.3) is 0 Å². The van der Waals surface area contributed by atoms with Crippen LogP contribution in [0.15, 0.2) is 59.6 Å².